The summed E-state index contributed by atoms with van der Waals surface area (Å²) in [7, 11) is 0. The molecule has 0 aromatic carbocycles. The van der Waals surface area contributed by atoms with E-state index in [1.54, 1.807) is 6.20 Å². The monoisotopic (exact) mass is 262 g/mol. The van der Waals surface area contributed by atoms with Crippen molar-refractivity contribution in [1.82, 2.24) is 24.9 Å². The molecule has 0 radical (unpaired) electrons. The highest BCUT2D eigenvalue weighted by molar-refractivity contribution is 5.38. The van der Waals surface area contributed by atoms with Crippen LogP contribution in [-0.4, -0.2) is 44.5 Å². The second-order valence-corrected chi connectivity index (χ2v) is 4.45. The summed E-state index contributed by atoms with van der Waals surface area (Å²) in [4.78, 5) is 2.39. The van der Waals surface area contributed by atoms with Gasteiger partial charge in [0.1, 0.15) is 0 Å². The molecular formula is C13H22N6. The van der Waals surface area contributed by atoms with Gasteiger partial charge >= 0.3 is 0 Å². The summed E-state index contributed by atoms with van der Waals surface area (Å²) < 4.78 is 1.98. The molecule has 2 aromatic heterocycles. The van der Waals surface area contributed by atoms with Crippen LogP contribution in [0.4, 0.5) is 5.69 Å². The van der Waals surface area contributed by atoms with E-state index in [1.165, 1.54) is 0 Å². The van der Waals surface area contributed by atoms with Gasteiger partial charge in [0, 0.05) is 18.9 Å². The predicted molar refractivity (Wildman–Crippen MR) is 75.9 cm³/mol. The number of H-pyrrole nitrogens is 1. The normalized spacial score (nSPS) is 11.1. The third-order valence-electron chi connectivity index (χ3n) is 3.21. The number of aromatic amines is 1. The lowest BCUT2D eigenvalue weighted by Gasteiger charge is -2.17. The van der Waals surface area contributed by atoms with Gasteiger partial charge in [0.05, 0.1) is 30.7 Å². The molecule has 2 aromatic rings. The Labute approximate surface area is 113 Å². The molecule has 104 valence electrons. The third-order valence-corrected chi connectivity index (χ3v) is 3.21. The van der Waals surface area contributed by atoms with Crippen molar-refractivity contribution in [3.05, 3.63) is 30.4 Å². The minimum absolute atomic E-state index is 0.738. The van der Waals surface area contributed by atoms with Crippen LogP contribution < -0.4 is 5.32 Å². The standard InChI is InChI=1S/C13H22N6/c1-3-18(4-2)7-8-19-11-13(10-16-19)14-9-12-5-6-15-17-12/h5-6,10-11,14H,3-4,7-9H2,1-2H3,(H,15,17). The van der Waals surface area contributed by atoms with Crippen LogP contribution in [-0.2, 0) is 13.1 Å². The molecule has 2 heterocycles. The van der Waals surface area contributed by atoms with Crippen LogP contribution in [0.15, 0.2) is 24.7 Å². The SMILES string of the molecule is CCN(CC)CCn1cc(NCc2ccn[nH]2)cn1. The number of anilines is 1. The van der Waals surface area contributed by atoms with Crippen molar-refractivity contribution in [1.29, 1.82) is 0 Å². The summed E-state index contributed by atoms with van der Waals surface area (Å²) >= 11 is 0. The first-order valence-corrected chi connectivity index (χ1v) is 6.78. The van der Waals surface area contributed by atoms with Crippen LogP contribution in [0.5, 0.6) is 0 Å². The van der Waals surface area contributed by atoms with Gasteiger partial charge in [0.2, 0.25) is 0 Å². The molecular weight excluding hydrogens is 240 g/mol. The van der Waals surface area contributed by atoms with Crippen molar-refractivity contribution in [2.24, 2.45) is 0 Å². The number of nitrogens with zero attached hydrogens (tertiary/aromatic N) is 4. The van der Waals surface area contributed by atoms with Crippen LogP contribution in [0, 0.1) is 0 Å². The Morgan fingerprint density at radius 2 is 2.21 bits per heavy atom. The average molecular weight is 262 g/mol. The highest BCUT2D eigenvalue weighted by Crippen LogP contribution is 2.06. The summed E-state index contributed by atoms with van der Waals surface area (Å²) in [6, 6.07) is 1.96. The minimum Gasteiger partial charge on any atom is -0.377 e. The highest BCUT2D eigenvalue weighted by atomic mass is 15.3. The lowest BCUT2D eigenvalue weighted by Crippen LogP contribution is -2.27. The molecule has 0 saturated carbocycles. The van der Waals surface area contributed by atoms with Crippen LogP contribution in [0.1, 0.15) is 19.5 Å². The Bertz CT molecular complexity index is 457. The largest absolute Gasteiger partial charge is 0.377 e. The topological polar surface area (TPSA) is 61.8 Å². The van der Waals surface area contributed by atoms with E-state index in [2.05, 4.69) is 39.4 Å². The van der Waals surface area contributed by atoms with Gasteiger partial charge in [-0.2, -0.15) is 10.2 Å². The van der Waals surface area contributed by atoms with Gasteiger partial charge in [0.25, 0.3) is 0 Å². The number of aromatic nitrogens is 4. The number of nitrogens with one attached hydrogen (secondary N) is 2. The molecule has 0 bridgehead atoms. The zero-order valence-electron chi connectivity index (χ0n) is 11.6. The Balaban J connectivity index is 1.78. The molecule has 0 aliphatic heterocycles. The molecule has 6 heteroatoms. The van der Waals surface area contributed by atoms with E-state index in [1.807, 2.05) is 23.1 Å². The second kappa shape index (κ2) is 6.94. The molecule has 0 aliphatic rings. The zero-order valence-corrected chi connectivity index (χ0v) is 11.6. The molecule has 6 nitrogen and oxygen atoms in total. The van der Waals surface area contributed by atoms with Crippen molar-refractivity contribution in [2.45, 2.75) is 26.9 Å². The molecule has 0 amide bonds. The van der Waals surface area contributed by atoms with Crippen molar-refractivity contribution < 1.29 is 0 Å². The van der Waals surface area contributed by atoms with Gasteiger partial charge in [-0.25, -0.2) is 0 Å². The van der Waals surface area contributed by atoms with E-state index in [0.717, 1.165) is 44.1 Å². The first-order chi connectivity index (χ1) is 9.31. The van der Waals surface area contributed by atoms with E-state index >= 15 is 0 Å². The summed E-state index contributed by atoms with van der Waals surface area (Å²) in [6.45, 7) is 9.24. The Morgan fingerprint density at radius 1 is 1.37 bits per heavy atom. The molecule has 0 aliphatic carbocycles. The van der Waals surface area contributed by atoms with Gasteiger partial charge in [-0.05, 0) is 19.2 Å². The second-order valence-electron chi connectivity index (χ2n) is 4.45. The van der Waals surface area contributed by atoms with E-state index in [9.17, 15) is 0 Å². The van der Waals surface area contributed by atoms with Crippen molar-refractivity contribution >= 4 is 5.69 Å². The van der Waals surface area contributed by atoms with E-state index in [0.29, 0.717) is 0 Å². The van der Waals surface area contributed by atoms with Crippen LogP contribution in [0.25, 0.3) is 0 Å². The fraction of sp³-hybridized carbons (Fsp3) is 0.538. The summed E-state index contributed by atoms with van der Waals surface area (Å²) in [6.07, 6.45) is 5.66. The highest BCUT2D eigenvalue weighted by Gasteiger charge is 2.02. The van der Waals surface area contributed by atoms with Gasteiger partial charge in [-0.3, -0.25) is 9.78 Å². The minimum atomic E-state index is 0.738. The number of hydrogen-bond acceptors (Lipinski definition) is 4. The van der Waals surface area contributed by atoms with Crippen LogP contribution in [0.2, 0.25) is 0 Å². The lowest BCUT2D eigenvalue weighted by molar-refractivity contribution is 0.285. The molecule has 0 fully saturated rings. The molecule has 0 atom stereocenters. The van der Waals surface area contributed by atoms with Gasteiger partial charge in [0.15, 0.2) is 0 Å². The maximum atomic E-state index is 4.36. The molecule has 2 N–H and O–H groups in total. The van der Waals surface area contributed by atoms with Crippen LogP contribution >= 0.6 is 0 Å². The van der Waals surface area contributed by atoms with Crippen molar-refractivity contribution in [3.63, 3.8) is 0 Å². The lowest BCUT2D eigenvalue weighted by atomic mass is 10.4. The van der Waals surface area contributed by atoms with Gasteiger partial charge in [-0.15, -0.1) is 0 Å². The first kappa shape index (κ1) is 13.6. The Hall–Kier alpha value is -1.82. The van der Waals surface area contributed by atoms with Crippen molar-refractivity contribution in [3.8, 4) is 0 Å². The summed E-state index contributed by atoms with van der Waals surface area (Å²) in [5, 5.41) is 14.5. The predicted octanol–water partition coefficient (Wildman–Crippen LogP) is 1.56. The summed E-state index contributed by atoms with van der Waals surface area (Å²) in [5.74, 6) is 0. The van der Waals surface area contributed by atoms with E-state index in [4.69, 9.17) is 0 Å². The smallest absolute Gasteiger partial charge is 0.0729 e. The average Bonchev–Trinajstić information content (AvgIpc) is 3.09. The van der Waals surface area contributed by atoms with E-state index < -0.39 is 0 Å². The summed E-state index contributed by atoms with van der Waals surface area (Å²) in [5.41, 5.74) is 2.10. The van der Waals surface area contributed by atoms with Gasteiger partial charge in [-0.1, -0.05) is 13.8 Å². The van der Waals surface area contributed by atoms with Crippen LogP contribution in [0.3, 0.4) is 0 Å². The molecule has 0 saturated heterocycles. The first-order valence-electron chi connectivity index (χ1n) is 6.78. The molecule has 19 heavy (non-hydrogen) atoms. The fourth-order valence-electron chi connectivity index (χ4n) is 1.94. The number of rotatable bonds is 8. The maximum Gasteiger partial charge on any atom is 0.0729 e. The number of hydrogen-bond donors (Lipinski definition) is 2. The third kappa shape index (κ3) is 4.10. The maximum absolute atomic E-state index is 4.36. The van der Waals surface area contributed by atoms with Gasteiger partial charge < -0.3 is 10.2 Å². The Kier molecular flexibility index (Phi) is 4.97. The number of likely N-dealkylation sites (N-methyl/N-ethyl adjacent to an activating group) is 1. The quantitative estimate of drug-likeness (QED) is 0.758. The zero-order chi connectivity index (χ0) is 13.5. The Morgan fingerprint density at radius 3 is 2.89 bits per heavy atom. The van der Waals surface area contributed by atoms with E-state index in [-0.39, 0.29) is 0 Å². The molecule has 0 unspecified atom stereocenters. The fourth-order valence-corrected chi connectivity index (χ4v) is 1.94. The molecule has 0 spiro atoms. The van der Waals surface area contributed by atoms with Crippen molar-refractivity contribution in [2.75, 3.05) is 25.0 Å². The molecule has 2 rings (SSSR count).